The van der Waals surface area contributed by atoms with Gasteiger partial charge < -0.3 is 20.7 Å². The average molecular weight is 487 g/mol. The van der Waals surface area contributed by atoms with Crippen LogP contribution in [0.2, 0.25) is 5.02 Å². The van der Waals surface area contributed by atoms with Crippen LogP contribution in [0.1, 0.15) is 45.4 Å². The van der Waals surface area contributed by atoms with Crippen LogP contribution in [0.3, 0.4) is 0 Å². The predicted octanol–water partition coefficient (Wildman–Crippen LogP) is 5.00. The van der Waals surface area contributed by atoms with Crippen LogP contribution in [0.4, 0.5) is 15.9 Å². The topological polar surface area (TPSA) is 94.9 Å². The second kappa shape index (κ2) is 10.9. The number of methoxy groups -OCH3 is 1. The molecule has 1 atom stereocenters. The summed E-state index contributed by atoms with van der Waals surface area (Å²) in [6, 6.07) is 7.08. The molecule has 0 aromatic carbocycles. The van der Waals surface area contributed by atoms with Gasteiger partial charge in [0, 0.05) is 55.3 Å². The first-order chi connectivity index (χ1) is 16.4. The molecule has 2 aliphatic rings. The highest BCUT2D eigenvalue weighted by molar-refractivity contribution is 6.33. The number of anilines is 2. The van der Waals surface area contributed by atoms with Crippen molar-refractivity contribution in [1.29, 1.82) is 5.26 Å². The van der Waals surface area contributed by atoms with Crippen LogP contribution in [-0.2, 0) is 4.74 Å². The Kier molecular flexibility index (Phi) is 7.87. The number of nitrogens with one attached hydrogen (secondary N) is 3. The first-order valence-electron chi connectivity index (χ1n) is 11.9. The molecule has 0 radical (unpaired) electrons. The lowest BCUT2D eigenvalue weighted by Crippen LogP contribution is -2.42. The van der Waals surface area contributed by atoms with Crippen LogP contribution in [0.15, 0.2) is 24.5 Å². The summed E-state index contributed by atoms with van der Waals surface area (Å²) in [6.45, 7) is 3.26. The molecular weight excluding hydrogens is 455 g/mol. The summed E-state index contributed by atoms with van der Waals surface area (Å²) in [6.07, 6.45) is 9.03. The van der Waals surface area contributed by atoms with Gasteiger partial charge in [0.25, 0.3) is 0 Å². The molecule has 2 aromatic heterocycles. The van der Waals surface area contributed by atoms with Gasteiger partial charge in [-0.25, -0.2) is 9.97 Å². The van der Waals surface area contributed by atoms with Crippen LogP contribution in [0.25, 0.3) is 11.1 Å². The van der Waals surface area contributed by atoms with E-state index < -0.39 is 5.95 Å². The van der Waals surface area contributed by atoms with E-state index in [4.69, 9.17) is 16.3 Å². The van der Waals surface area contributed by atoms with Crippen molar-refractivity contribution < 1.29 is 9.13 Å². The molecule has 34 heavy (non-hydrogen) atoms. The number of pyridine rings is 2. The summed E-state index contributed by atoms with van der Waals surface area (Å²) in [4.78, 5) is 8.36. The fraction of sp³-hybridized carbons (Fsp3) is 0.560. The van der Waals surface area contributed by atoms with Crippen LogP contribution in [0, 0.1) is 22.7 Å². The Balaban J connectivity index is 1.40. The lowest BCUT2D eigenvalue weighted by atomic mass is 9.90. The minimum Gasteiger partial charge on any atom is -0.383 e. The maximum Gasteiger partial charge on any atom is 0.236 e. The summed E-state index contributed by atoms with van der Waals surface area (Å²) in [7, 11) is 1.73. The van der Waals surface area contributed by atoms with Gasteiger partial charge in [0.1, 0.15) is 5.82 Å². The van der Waals surface area contributed by atoms with E-state index >= 15 is 0 Å². The fourth-order valence-corrected chi connectivity index (χ4v) is 4.73. The molecule has 4 rings (SSSR count). The number of ether oxygens (including phenoxy) is 1. The second-order valence-electron chi connectivity index (χ2n) is 9.57. The summed E-state index contributed by atoms with van der Waals surface area (Å²) in [5, 5.41) is 20.0. The van der Waals surface area contributed by atoms with Crippen molar-refractivity contribution in [2.45, 2.75) is 63.6 Å². The molecule has 2 aliphatic carbocycles. The van der Waals surface area contributed by atoms with Gasteiger partial charge in [0.05, 0.1) is 28.8 Å². The van der Waals surface area contributed by atoms with Crippen LogP contribution in [-0.4, -0.2) is 48.4 Å². The molecule has 0 aliphatic heterocycles. The lowest BCUT2D eigenvalue weighted by molar-refractivity contribution is 0.161. The monoisotopic (exact) mass is 486 g/mol. The van der Waals surface area contributed by atoms with Gasteiger partial charge in [-0.15, -0.1) is 0 Å². The van der Waals surface area contributed by atoms with E-state index in [0.29, 0.717) is 41.9 Å². The Bertz CT molecular complexity index is 1030. The molecule has 7 nitrogen and oxygen atoms in total. The smallest absolute Gasteiger partial charge is 0.236 e. The number of nitrogens with zero attached hydrogens (tertiary/aromatic N) is 3. The van der Waals surface area contributed by atoms with Gasteiger partial charge in [-0.05, 0) is 57.6 Å². The van der Waals surface area contributed by atoms with Crippen LogP contribution >= 0.6 is 11.6 Å². The van der Waals surface area contributed by atoms with Crippen molar-refractivity contribution >= 4 is 23.1 Å². The molecule has 182 valence electrons. The quantitative estimate of drug-likeness (QED) is 0.407. The zero-order valence-corrected chi connectivity index (χ0v) is 20.5. The molecule has 9 heteroatoms. The first-order valence-corrected chi connectivity index (χ1v) is 12.3. The number of halogens is 2. The fourth-order valence-electron chi connectivity index (χ4n) is 4.52. The van der Waals surface area contributed by atoms with E-state index in [9.17, 15) is 9.65 Å². The highest BCUT2D eigenvalue weighted by atomic mass is 35.5. The Hall–Kier alpha value is -2.47. The molecule has 2 saturated carbocycles. The maximum atomic E-state index is 14.3. The normalized spacial score (nSPS) is 22.0. The zero-order chi connectivity index (χ0) is 24.1. The molecule has 2 aromatic rings. The van der Waals surface area contributed by atoms with Gasteiger partial charge in [0.15, 0.2) is 0 Å². The highest BCUT2D eigenvalue weighted by Crippen LogP contribution is 2.45. The van der Waals surface area contributed by atoms with E-state index in [1.54, 1.807) is 19.4 Å². The van der Waals surface area contributed by atoms with Gasteiger partial charge in [-0.3, -0.25) is 0 Å². The summed E-state index contributed by atoms with van der Waals surface area (Å²) < 4.78 is 19.5. The molecule has 0 spiro atoms. The zero-order valence-electron chi connectivity index (χ0n) is 19.7. The van der Waals surface area contributed by atoms with Gasteiger partial charge in [-0.1, -0.05) is 11.6 Å². The third-order valence-electron chi connectivity index (χ3n) is 6.73. The number of hydrogen-bond acceptors (Lipinski definition) is 7. The summed E-state index contributed by atoms with van der Waals surface area (Å²) in [5.74, 6) is 0.148. The largest absolute Gasteiger partial charge is 0.383 e. The minimum atomic E-state index is -0.591. The highest BCUT2D eigenvalue weighted by Gasteiger charge is 2.43. The molecule has 0 saturated heterocycles. The average Bonchev–Trinajstić information content (AvgIpc) is 3.62. The minimum absolute atomic E-state index is 0.273. The number of nitriles is 1. The van der Waals surface area contributed by atoms with Gasteiger partial charge >= 0.3 is 0 Å². The van der Waals surface area contributed by atoms with Crippen LogP contribution < -0.4 is 16.0 Å². The summed E-state index contributed by atoms with van der Waals surface area (Å²) in [5.41, 5.74) is 1.32. The van der Waals surface area contributed by atoms with Crippen molar-refractivity contribution in [1.82, 2.24) is 15.3 Å². The van der Waals surface area contributed by atoms with Crippen LogP contribution in [0.5, 0.6) is 0 Å². The lowest BCUT2D eigenvalue weighted by Gasteiger charge is -2.32. The molecule has 0 amide bonds. The molecular formula is C25H32ClFN6O. The number of rotatable bonds is 10. The Labute approximate surface area is 205 Å². The Morgan fingerprint density at radius 1 is 1.21 bits per heavy atom. The van der Waals surface area contributed by atoms with E-state index in [0.717, 1.165) is 49.9 Å². The third kappa shape index (κ3) is 6.15. The van der Waals surface area contributed by atoms with E-state index in [-0.39, 0.29) is 11.1 Å². The van der Waals surface area contributed by atoms with Crippen molar-refractivity contribution in [3.63, 3.8) is 0 Å². The molecule has 2 fully saturated rings. The predicted molar refractivity (Wildman–Crippen MR) is 132 cm³/mol. The molecule has 0 bridgehead atoms. The Morgan fingerprint density at radius 3 is 2.62 bits per heavy atom. The molecule has 3 N–H and O–H groups in total. The van der Waals surface area contributed by atoms with Crippen molar-refractivity contribution in [2.24, 2.45) is 5.41 Å². The van der Waals surface area contributed by atoms with Gasteiger partial charge in [0.2, 0.25) is 5.95 Å². The van der Waals surface area contributed by atoms with Crippen molar-refractivity contribution in [3.05, 3.63) is 35.5 Å². The second-order valence-corrected chi connectivity index (χ2v) is 9.98. The first kappa shape index (κ1) is 24.6. The standard InChI is InChI=1S/C25H32ClFN6O/c1-16(13-34-2)32-18-3-5-19(6-4-18)33-23-10-20(21(26)12-29-23)17-9-22(24(27)30-11-17)31-15-25(14-28)7-8-25/h9-12,16,18-19,31-32H,3-8,13,15H2,1-2H3,(H,29,33)/t16-,18-,19-/m0/s1. The number of aromatic nitrogens is 2. The van der Waals surface area contributed by atoms with Crippen molar-refractivity contribution in [2.75, 3.05) is 30.9 Å². The SMILES string of the molecule is COC[C@H](C)N[C@H]1CC[C@H](Nc2cc(-c3cnc(F)c(NCC4(C#N)CC4)c3)c(Cl)cn2)CC1. The van der Waals surface area contributed by atoms with E-state index in [2.05, 4.69) is 38.9 Å². The Morgan fingerprint density at radius 2 is 1.94 bits per heavy atom. The molecule has 2 heterocycles. The van der Waals surface area contributed by atoms with E-state index in [1.165, 1.54) is 6.20 Å². The van der Waals surface area contributed by atoms with E-state index in [1.807, 2.05) is 6.07 Å². The number of hydrogen-bond donors (Lipinski definition) is 3. The third-order valence-corrected chi connectivity index (χ3v) is 7.03. The maximum absolute atomic E-state index is 14.3. The molecule has 0 unspecified atom stereocenters. The summed E-state index contributed by atoms with van der Waals surface area (Å²) >= 11 is 6.45. The van der Waals surface area contributed by atoms with Crippen molar-refractivity contribution in [3.8, 4) is 17.2 Å². The van der Waals surface area contributed by atoms with Gasteiger partial charge in [-0.2, -0.15) is 9.65 Å².